The number of halogens is 1. The Hall–Kier alpha value is -2.65. The Morgan fingerprint density at radius 1 is 1.25 bits per heavy atom. The third-order valence-electron chi connectivity index (χ3n) is 4.95. The van der Waals surface area contributed by atoms with Crippen molar-refractivity contribution in [3.63, 3.8) is 0 Å². The van der Waals surface area contributed by atoms with Gasteiger partial charge in [-0.05, 0) is 46.6 Å². The molecule has 0 unspecified atom stereocenters. The number of nitrogens with one attached hydrogen (secondary N) is 2. The van der Waals surface area contributed by atoms with Crippen molar-refractivity contribution in [2.24, 2.45) is 7.05 Å². The zero-order chi connectivity index (χ0) is 19.5. The van der Waals surface area contributed by atoms with Gasteiger partial charge in [-0.2, -0.15) is 5.10 Å². The van der Waals surface area contributed by atoms with Crippen LogP contribution in [-0.2, 0) is 7.05 Å². The second-order valence-corrected chi connectivity index (χ2v) is 7.57. The molecule has 2 atom stereocenters. The first-order valence-corrected chi connectivity index (χ1v) is 9.84. The zero-order valence-electron chi connectivity index (χ0n) is 15.3. The number of rotatable bonds is 4. The highest BCUT2D eigenvalue weighted by molar-refractivity contribution is 9.10. The standard InChI is InChI=1S/C19H20BrN7O/c1-27-18(14(20)8-25-27)16-10-24-17(11-23-16)19(28)26-15-9-22-7-4-13(15)12-2-5-21-6-3-12/h2-3,5-6,8,10-11,13,15,22H,4,7,9H2,1H3,(H,26,28)/t13-,15+/m1/s1. The van der Waals surface area contributed by atoms with Crippen LogP contribution in [-0.4, -0.2) is 49.8 Å². The molecule has 8 nitrogen and oxygen atoms in total. The number of carbonyl (C=O) groups is 1. The van der Waals surface area contributed by atoms with Crippen molar-refractivity contribution in [2.45, 2.75) is 18.4 Å². The minimum atomic E-state index is -0.226. The van der Waals surface area contributed by atoms with E-state index in [1.165, 1.54) is 11.8 Å². The molecule has 0 saturated carbocycles. The van der Waals surface area contributed by atoms with Crippen molar-refractivity contribution in [3.8, 4) is 11.4 Å². The minimum Gasteiger partial charge on any atom is -0.346 e. The van der Waals surface area contributed by atoms with Gasteiger partial charge in [0.05, 0.1) is 23.1 Å². The van der Waals surface area contributed by atoms with E-state index in [-0.39, 0.29) is 17.9 Å². The Labute approximate surface area is 170 Å². The molecule has 1 saturated heterocycles. The van der Waals surface area contributed by atoms with Gasteiger partial charge in [0.15, 0.2) is 0 Å². The van der Waals surface area contributed by atoms with Gasteiger partial charge in [0.2, 0.25) is 0 Å². The number of carbonyl (C=O) groups excluding carboxylic acids is 1. The molecule has 0 aliphatic carbocycles. The van der Waals surface area contributed by atoms with Crippen LogP contribution < -0.4 is 10.6 Å². The zero-order valence-corrected chi connectivity index (χ0v) is 16.9. The van der Waals surface area contributed by atoms with Crippen LogP contribution in [0, 0.1) is 0 Å². The van der Waals surface area contributed by atoms with Crippen molar-refractivity contribution in [1.29, 1.82) is 0 Å². The summed E-state index contributed by atoms with van der Waals surface area (Å²) in [5, 5.41) is 10.6. The second kappa shape index (κ2) is 8.15. The van der Waals surface area contributed by atoms with Crippen molar-refractivity contribution in [3.05, 3.63) is 58.8 Å². The van der Waals surface area contributed by atoms with Crippen LogP contribution in [0.5, 0.6) is 0 Å². The predicted octanol–water partition coefficient (Wildman–Crippen LogP) is 1.91. The lowest BCUT2D eigenvalue weighted by Gasteiger charge is -2.33. The number of piperidine rings is 1. The fraction of sp³-hybridized carbons (Fsp3) is 0.316. The van der Waals surface area contributed by atoms with Gasteiger partial charge < -0.3 is 10.6 Å². The molecule has 144 valence electrons. The molecular weight excluding hydrogens is 422 g/mol. The molecule has 0 bridgehead atoms. The predicted molar refractivity (Wildman–Crippen MR) is 108 cm³/mol. The highest BCUT2D eigenvalue weighted by atomic mass is 79.9. The smallest absolute Gasteiger partial charge is 0.271 e. The fourth-order valence-corrected chi connectivity index (χ4v) is 4.08. The number of pyridine rings is 1. The molecule has 1 fully saturated rings. The largest absolute Gasteiger partial charge is 0.346 e. The summed E-state index contributed by atoms with van der Waals surface area (Å²) in [6, 6.07) is 4.00. The summed E-state index contributed by atoms with van der Waals surface area (Å²) in [6.45, 7) is 1.64. The molecule has 4 heterocycles. The summed E-state index contributed by atoms with van der Waals surface area (Å²) in [4.78, 5) is 25.5. The maximum absolute atomic E-state index is 12.7. The number of hydrogen-bond acceptors (Lipinski definition) is 6. The van der Waals surface area contributed by atoms with Crippen LogP contribution in [0.3, 0.4) is 0 Å². The lowest BCUT2D eigenvalue weighted by molar-refractivity contribution is 0.0919. The Morgan fingerprint density at radius 3 is 2.75 bits per heavy atom. The summed E-state index contributed by atoms with van der Waals surface area (Å²) in [5.41, 5.74) is 2.94. The maximum Gasteiger partial charge on any atom is 0.271 e. The van der Waals surface area contributed by atoms with Crippen molar-refractivity contribution in [2.75, 3.05) is 13.1 Å². The van der Waals surface area contributed by atoms with E-state index in [1.807, 2.05) is 19.2 Å². The van der Waals surface area contributed by atoms with Gasteiger partial charge in [-0.15, -0.1) is 0 Å². The third kappa shape index (κ3) is 3.81. The molecule has 0 aromatic carbocycles. The molecular formula is C19H20BrN7O. The molecule has 0 radical (unpaired) electrons. The number of aryl methyl sites for hydroxylation is 1. The van der Waals surface area contributed by atoms with Crippen LogP contribution in [0.1, 0.15) is 28.4 Å². The molecule has 4 rings (SSSR count). The summed E-state index contributed by atoms with van der Waals surface area (Å²) in [7, 11) is 1.83. The van der Waals surface area contributed by atoms with Gasteiger partial charge >= 0.3 is 0 Å². The fourth-order valence-electron chi connectivity index (χ4n) is 3.53. The second-order valence-electron chi connectivity index (χ2n) is 6.71. The Bertz CT molecular complexity index is 939. The number of aromatic nitrogens is 5. The molecule has 0 spiro atoms. The molecule has 9 heteroatoms. The van der Waals surface area contributed by atoms with Crippen molar-refractivity contribution >= 4 is 21.8 Å². The summed E-state index contributed by atoms with van der Waals surface area (Å²) in [6.07, 6.45) is 9.33. The molecule has 1 aliphatic rings. The Kier molecular flexibility index (Phi) is 5.45. The van der Waals surface area contributed by atoms with E-state index >= 15 is 0 Å². The molecule has 1 aliphatic heterocycles. The lowest BCUT2D eigenvalue weighted by Crippen LogP contribution is -2.50. The van der Waals surface area contributed by atoms with E-state index in [1.54, 1.807) is 29.5 Å². The minimum absolute atomic E-state index is 0.0173. The molecule has 1 amide bonds. The first kappa shape index (κ1) is 18.7. The van der Waals surface area contributed by atoms with E-state index in [0.717, 1.165) is 23.1 Å². The van der Waals surface area contributed by atoms with E-state index < -0.39 is 0 Å². The van der Waals surface area contributed by atoms with Crippen LogP contribution >= 0.6 is 15.9 Å². The average Bonchev–Trinajstić information content (AvgIpc) is 3.07. The van der Waals surface area contributed by atoms with Crippen molar-refractivity contribution < 1.29 is 4.79 Å². The van der Waals surface area contributed by atoms with Gasteiger partial charge in [0.1, 0.15) is 17.1 Å². The summed E-state index contributed by atoms with van der Waals surface area (Å²) < 4.78 is 2.54. The molecule has 28 heavy (non-hydrogen) atoms. The maximum atomic E-state index is 12.7. The topological polar surface area (TPSA) is 97.6 Å². The quantitative estimate of drug-likeness (QED) is 0.641. The van der Waals surface area contributed by atoms with Gasteiger partial charge in [0, 0.05) is 37.9 Å². The van der Waals surface area contributed by atoms with E-state index in [0.29, 0.717) is 17.9 Å². The van der Waals surface area contributed by atoms with Gasteiger partial charge in [-0.1, -0.05) is 0 Å². The van der Waals surface area contributed by atoms with Crippen LogP contribution in [0.2, 0.25) is 0 Å². The summed E-state index contributed by atoms with van der Waals surface area (Å²) in [5.74, 6) is 0.0155. The highest BCUT2D eigenvalue weighted by Gasteiger charge is 2.28. The Balaban J connectivity index is 1.50. The van der Waals surface area contributed by atoms with Crippen LogP contribution in [0.25, 0.3) is 11.4 Å². The van der Waals surface area contributed by atoms with Gasteiger partial charge in [-0.25, -0.2) is 4.98 Å². The average molecular weight is 442 g/mol. The van der Waals surface area contributed by atoms with Gasteiger partial charge in [-0.3, -0.25) is 19.4 Å². The highest BCUT2D eigenvalue weighted by Crippen LogP contribution is 2.26. The number of hydrogen-bond donors (Lipinski definition) is 2. The van der Waals surface area contributed by atoms with E-state index in [9.17, 15) is 4.79 Å². The SMILES string of the molecule is Cn1ncc(Br)c1-c1cnc(C(=O)N[C@H]2CNCC[C@@H]2c2ccncc2)cn1. The summed E-state index contributed by atoms with van der Waals surface area (Å²) >= 11 is 3.45. The normalized spacial score (nSPS) is 19.4. The van der Waals surface area contributed by atoms with Gasteiger partial charge in [0.25, 0.3) is 5.91 Å². The monoisotopic (exact) mass is 441 g/mol. The number of nitrogens with zero attached hydrogens (tertiary/aromatic N) is 5. The lowest BCUT2D eigenvalue weighted by atomic mass is 9.86. The number of amides is 1. The molecule has 3 aromatic heterocycles. The van der Waals surface area contributed by atoms with Crippen LogP contribution in [0.15, 0.2) is 47.6 Å². The Morgan fingerprint density at radius 2 is 2.07 bits per heavy atom. The van der Waals surface area contributed by atoms with Crippen molar-refractivity contribution in [1.82, 2.24) is 35.4 Å². The first-order chi connectivity index (χ1) is 13.6. The third-order valence-corrected chi connectivity index (χ3v) is 5.53. The van der Waals surface area contributed by atoms with E-state index in [2.05, 4.69) is 46.6 Å². The van der Waals surface area contributed by atoms with Crippen LogP contribution in [0.4, 0.5) is 0 Å². The molecule has 3 aromatic rings. The first-order valence-electron chi connectivity index (χ1n) is 9.05. The molecule has 2 N–H and O–H groups in total. The van der Waals surface area contributed by atoms with E-state index in [4.69, 9.17) is 0 Å².